The third-order valence-corrected chi connectivity index (χ3v) is 6.16. The van der Waals surface area contributed by atoms with Crippen molar-refractivity contribution < 1.29 is 17.6 Å². The molecule has 8 nitrogen and oxygen atoms in total. The van der Waals surface area contributed by atoms with E-state index in [0.29, 0.717) is 21.3 Å². The van der Waals surface area contributed by atoms with Gasteiger partial charge >= 0.3 is 6.01 Å². The zero-order valence-electron chi connectivity index (χ0n) is 16.1. The van der Waals surface area contributed by atoms with Crippen LogP contribution in [0.1, 0.15) is 10.4 Å². The van der Waals surface area contributed by atoms with Gasteiger partial charge in [-0.2, -0.15) is 0 Å². The molecule has 0 aliphatic heterocycles. The van der Waals surface area contributed by atoms with E-state index in [2.05, 4.69) is 20.2 Å². The van der Waals surface area contributed by atoms with Crippen LogP contribution in [0.5, 0.6) is 0 Å². The summed E-state index contributed by atoms with van der Waals surface area (Å²) < 4.78 is 32.8. The highest BCUT2D eigenvalue weighted by Crippen LogP contribution is 2.23. The zero-order chi connectivity index (χ0) is 22.7. The minimum atomic E-state index is -3.79. The van der Waals surface area contributed by atoms with Gasteiger partial charge in [-0.25, -0.2) is 8.42 Å². The fourth-order valence-corrected chi connectivity index (χ4v) is 3.98. The maximum absolute atomic E-state index is 12.4. The summed E-state index contributed by atoms with van der Waals surface area (Å²) >= 11 is 11.7. The van der Waals surface area contributed by atoms with E-state index in [0.717, 1.165) is 0 Å². The van der Waals surface area contributed by atoms with Crippen LogP contribution in [0.25, 0.3) is 11.5 Å². The Balaban J connectivity index is 1.42. The van der Waals surface area contributed by atoms with E-state index >= 15 is 0 Å². The maximum Gasteiger partial charge on any atom is 0.322 e. The van der Waals surface area contributed by atoms with Crippen molar-refractivity contribution in [2.24, 2.45) is 0 Å². The highest BCUT2D eigenvalue weighted by molar-refractivity contribution is 7.92. The van der Waals surface area contributed by atoms with Crippen molar-refractivity contribution in [3.8, 4) is 11.5 Å². The molecule has 1 aromatic heterocycles. The van der Waals surface area contributed by atoms with Crippen molar-refractivity contribution in [3.63, 3.8) is 0 Å². The number of benzene rings is 3. The van der Waals surface area contributed by atoms with Crippen molar-refractivity contribution in [1.29, 1.82) is 0 Å². The predicted molar refractivity (Wildman–Crippen MR) is 121 cm³/mol. The van der Waals surface area contributed by atoms with Gasteiger partial charge < -0.3 is 4.42 Å². The van der Waals surface area contributed by atoms with Crippen LogP contribution in [0.3, 0.4) is 0 Å². The van der Waals surface area contributed by atoms with Gasteiger partial charge in [0.1, 0.15) is 0 Å². The van der Waals surface area contributed by atoms with Crippen molar-refractivity contribution in [1.82, 2.24) is 10.2 Å². The van der Waals surface area contributed by atoms with Crippen LogP contribution in [0, 0.1) is 0 Å². The third kappa shape index (κ3) is 5.08. The van der Waals surface area contributed by atoms with Crippen molar-refractivity contribution in [3.05, 3.63) is 88.4 Å². The number of anilines is 2. The number of hydrogen-bond donors (Lipinski definition) is 2. The molecule has 3 aromatic carbocycles. The Morgan fingerprint density at radius 3 is 2.03 bits per heavy atom. The molecule has 0 bridgehead atoms. The van der Waals surface area contributed by atoms with E-state index in [1.807, 2.05) is 0 Å². The fourth-order valence-electron chi connectivity index (χ4n) is 2.67. The summed E-state index contributed by atoms with van der Waals surface area (Å²) in [5.41, 5.74) is 1.21. The monoisotopic (exact) mass is 488 g/mol. The number of nitrogens with one attached hydrogen (secondary N) is 2. The molecular formula is C21H14Cl2N4O4S. The Labute approximate surface area is 193 Å². The van der Waals surface area contributed by atoms with E-state index in [1.165, 1.54) is 48.5 Å². The first kappa shape index (κ1) is 21.8. The van der Waals surface area contributed by atoms with Crippen LogP contribution >= 0.6 is 23.2 Å². The van der Waals surface area contributed by atoms with Gasteiger partial charge in [0.05, 0.1) is 4.90 Å². The molecule has 0 aliphatic rings. The summed E-state index contributed by atoms with van der Waals surface area (Å²) in [4.78, 5) is 12.5. The minimum Gasteiger partial charge on any atom is -0.403 e. The van der Waals surface area contributed by atoms with Crippen LogP contribution in [0.4, 0.5) is 11.7 Å². The smallest absolute Gasteiger partial charge is 0.322 e. The SMILES string of the molecule is O=C(Nc1nnc(-c2ccc(Cl)cc2)o1)c1ccc(NS(=O)(=O)c2ccc(Cl)cc2)cc1. The number of carbonyl (C=O) groups is 1. The zero-order valence-corrected chi connectivity index (χ0v) is 18.4. The molecule has 0 radical (unpaired) electrons. The summed E-state index contributed by atoms with van der Waals surface area (Å²) in [7, 11) is -3.79. The second-order valence-electron chi connectivity index (χ2n) is 6.51. The first-order chi connectivity index (χ1) is 15.3. The topological polar surface area (TPSA) is 114 Å². The molecule has 1 amide bonds. The molecule has 1 heterocycles. The molecule has 0 spiro atoms. The van der Waals surface area contributed by atoms with Gasteiger partial charge in [0.15, 0.2) is 0 Å². The number of rotatable bonds is 6. The Morgan fingerprint density at radius 2 is 1.41 bits per heavy atom. The molecule has 0 saturated heterocycles. The molecule has 2 N–H and O–H groups in total. The number of amides is 1. The number of sulfonamides is 1. The van der Waals surface area contributed by atoms with Crippen LogP contribution in [0.15, 0.2) is 82.1 Å². The van der Waals surface area contributed by atoms with Crippen LogP contribution in [-0.4, -0.2) is 24.5 Å². The van der Waals surface area contributed by atoms with E-state index in [-0.39, 0.29) is 22.4 Å². The van der Waals surface area contributed by atoms with Gasteiger partial charge in [0, 0.05) is 26.9 Å². The molecule has 0 atom stereocenters. The number of halogens is 2. The minimum absolute atomic E-state index is 0.0663. The van der Waals surface area contributed by atoms with E-state index in [1.54, 1.807) is 24.3 Å². The summed E-state index contributed by atoms with van der Waals surface area (Å²) in [6, 6.07) is 18.3. The number of nitrogens with zero attached hydrogens (tertiary/aromatic N) is 2. The maximum atomic E-state index is 12.4. The molecular weight excluding hydrogens is 475 g/mol. The molecule has 162 valence electrons. The standard InChI is InChI=1S/C21H14Cl2N4O4S/c22-15-5-1-14(2-6-15)20-25-26-21(31-20)24-19(28)13-3-9-17(10-4-13)27-32(29,30)18-11-7-16(23)8-12-18/h1-12,27H,(H,24,26,28). The molecule has 11 heteroatoms. The lowest BCUT2D eigenvalue weighted by Gasteiger charge is -2.09. The Hall–Kier alpha value is -3.40. The Bertz CT molecular complexity index is 1350. The van der Waals surface area contributed by atoms with Gasteiger partial charge in [-0.05, 0) is 72.8 Å². The molecule has 4 rings (SSSR count). The lowest BCUT2D eigenvalue weighted by atomic mass is 10.2. The normalized spacial score (nSPS) is 11.2. The summed E-state index contributed by atoms with van der Waals surface area (Å²) in [6.45, 7) is 0. The largest absolute Gasteiger partial charge is 0.403 e. The highest BCUT2D eigenvalue weighted by atomic mass is 35.5. The van der Waals surface area contributed by atoms with Crippen LogP contribution in [0.2, 0.25) is 10.0 Å². The molecule has 0 aliphatic carbocycles. The van der Waals surface area contributed by atoms with E-state index < -0.39 is 15.9 Å². The summed E-state index contributed by atoms with van der Waals surface area (Å²) in [6.07, 6.45) is 0. The highest BCUT2D eigenvalue weighted by Gasteiger charge is 2.16. The van der Waals surface area contributed by atoms with Gasteiger partial charge in [-0.1, -0.05) is 28.3 Å². The molecule has 0 fully saturated rings. The van der Waals surface area contributed by atoms with E-state index in [4.69, 9.17) is 27.6 Å². The number of aromatic nitrogens is 2. The number of hydrogen-bond acceptors (Lipinski definition) is 6. The Kier molecular flexibility index (Phi) is 6.13. The number of carbonyl (C=O) groups excluding carboxylic acids is 1. The van der Waals surface area contributed by atoms with Gasteiger partial charge in [0.2, 0.25) is 5.89 Å². The van der Waals surface area contributed by atoms with Crippen LogP contribution < -0.4 is 10.0 Å². The molecule has 0 saturated carbocycles. The summed E-state index contributed by atoms with van der Waals surface area (Å²) in [5, 5.41) is 11.2. The second-order valence-corrected chi connectivity index (χ2v) is 9.07. The first-order valence-corrected chi connectivity index (χ1v) is 11.3. The average molecular weight is 489 g/mol. The average Bonchev–Trinajstić information content (AvgIpc) is 3.23. The van der Waals surface area contributed by atoms with Gasteiger partial charge in [-0.15, -0.1) is 5.10 Å². The molecule has 32 heavy (non-hydrogen) atoms. The lowest BCUT2D eigenvalue weighted by Crippen LogP contribution is -2.14. The van der Waals surface area contributed by atoms with Gasteiger partial charge in [-0.3, -0.25) is 14.8 Å². The quantitative estimate of drug-likeness (QED) is 0.390. The van der Waals surface area contributed by atoms with E-state index in [9.17, 15) is 13.2 Å². The third-order valence-electron chi connectivity index (χ3n) is 4.26. The van der Waals surface area contributed by atoms with Crippen molar-refractivity contribution in [2.45, 2.75) is 4.90 Å². The second kappa shape index (κ2) is 8.99. The summed E-state index contributed by atoms with van der Waals surface area (Å²) in [5.74, 6) is -0.271. The van der Waals surface area contributed by atoms with Gasteiger partial charge in [0.25, 0.3) is 15.9 Å². The predicted octanol–water partition coefficient (Wildman–Crippen LogP) is 5.10. The van der Waals surface area contributed by atoms with Crippen LogP contribution in [-0.2, 0) is 10.0 Å². The lowest BCUT2D eigenvalue weighted by molar-refractivity contribution is 0.102. The van der Waals surface area contributed by atoms with Crippen molar-refractivity contribution >= 4 is 50.8 Å². The molecule has 0 unspecified atom stereocenters. The fraction of sp³-hybridized carbons (Fsp3) is 0. The van der Waals surface area contributed by atoms with Crippen molar-refractivity contribution in [2.75, 3.05) is 10.0 Å². The first-order valence-electron chi connectivity index (χ1n) is 9.09. The molecule has 4 aromatic rings. The Morgan fingerprint density at radius 1 is 0.812 bits per heavy atom.